The van der Waals surface area contributed by atoms with E-state index in [9.17, 15) is 19.3 Å². The molecule has 1 aromatic heterocycles. The van der Waals surface area contributed by atoms with Crippen molar-refractivity contribution in [3.63, 3.8) is 0 Å². The van der Waals surface area contributed by atoms with Gasteiger partial charge in [0.1, 0.15) is 18.4 Å². The lowest BCUT2D eigenvalue weighted by molar-refractivity contribution is -0.0477. The smallest absolute Gasteiger partial charge is 0.394 e. The highest BCUT2D eigenvalue weighted by Crippen LogP contribution is 2.53. The van der Waals surface area contributed by atoms with Crippen LogP contribution in [-0.4, -0.2) is 46.7 Å². The van der Waals surface area contributed by atoms with Crippen molar-refractivity contribution < 1.29 is 28.0 Å². The largest absolute Gasteiger partial charge is 0.475 e. The Morgan fingerprint density at radius 3 is 2.35 bits per heavy atom. The number of aromatic amines is 1. The van der Waals surface area contributed by atoms with Crippen LogP contribution in [-0.2, 0) is 22.9 Å². The summed E-state index contributed by atoms with van der Waals surface area (Å²) in [5.41, 5.74) is -0.844. The summed E-state index contributed by atoms with van der Waals surface area (Å²) in [4.78, 5) is 26.2. The van der Waals surface area contributed by atoms with Gasteiger partial charge in [0.25, 0.3) is 5.56 Å². The van der Waals surface area contributed by atoms with Crippen molar-refractivity contribution in [1.29, 1.82) is 5.26 Å². The number of aromatic nitrogens is 2. The van der Waals surface area contributed by atoms with Gasteiger partial charge in [-0.3, -0.25) is 27.9 Å². The first-order valence-corrected chi connectivity index (χ1v) is 14.8. The van der Waals surface area contributed by atoms with Crippen molar-refractivity contribution in [2.45, 2.75) is 109 Å². The number of aliphatic hydroxyl groups excluding tert-OH is 1. The predicted molar refractivity (Wildman–Crippen MR) is 138 cm³/mol. The number of rotatable bonds is 19. The highest BCUT2D eigenvalue weighted by Gasteiger charge is 2.42. The summed E-state index contributed by atoms with van der Waals surface area (Å²) < 4.78 is 36.9. The van der Waals surface area contributed by atoms with Gasteiger partial charge in [0, 0.05) is 18.2 Å². The Balaban J connectivity index is 1.89. The lowest BCUT2D eigenvalue weighted by Crippen LogP contribution is -2.33. The quantitative estimate of drug-likeness (QED) is 0.190. The molecule has 37 heavy (non-hydrogen) atoms. The van der Waals surface area contributed by atoms with Gasteiger partial charge in [-0.1, -0.05) is 64.7 Å². The number of phosphoric acid groups is 1. The van der Waals surface area contributed by atoms with Crippen LogP contribution in [0.2, 0.25) is 0 Å². The van der Waals surface area contributed by atoms with Gasteiger partial charge in [-0.25, -0.2) is 9.36 Å². The number of nitrogens with zero attached hydrogens (tertiary/aromatic N) is 2. The first kappa shape index (κ1) is 31.4. The zero-order chi connectivity index (χ0) is 27.1. The third-order valence-corrected chi connectivity index (χ3v) is 7.82. The molecule has 0 radical (unpaired) electrons. The number of nitriles is 1. The summed E-state index contributed by atoms with van der Waals surface area (Å²) in [6, 6.07) is 1.92. The molecule has 0 amide bonds. The van der Waals surface area contributed by atoms with Crippen LogP contribution in [0.15, 0.2) is 15.8 Å². The second kappa shape index (κ2) is 16.9. The van der Waals surface area contributed by atoms with Crippen molar-refractivity contribution in [2.24, 2.45) is 0 Å². The van der Waals surface area contributed by atoms with Gasteiger partial charge >= 0.3 is 13.5 Å². The topological polar surface area (TPSA) is 153 Å². The molecular weight excluding hydrogens is 501 g/mol. The van der Waals surface area contributed by atoms with Crippen LogP contribution in [0.5, 0.6) is 0 Å². The standard InChI is InChI=1S/C25H42N3O8P/c1-3-4-5-6-7-8-9-10-11-12-15-33-37(32,34-16-13-14-26)36-21-17-23(35-22(21)19-29)28-18-20(2)24(30)27-25(28)31/h18,21-23,29H,3-13,15-17,19H2,1-2H3,(H,27,30,31)/t21-,22+,23+,37?/m0/s1. The van der Waals surface area contributed by atoms with E-state index in [0.717, 1.165) is 19.3 Å². The minimum atomic E-state index is -4.06. The average molecular weight is 544 g/mol. The minimum absolute atomic E-state index is 0.00817. The van der Waals surface area contributed by atoms with E-state index in [2.05, 4.69) is 11.9 Å². The summed E-state index contributed by atoms with van der Waals surface area (Å²) in [5.74, 6) is 0. The molecule has 1 aromatic rings. The number of hydrogen-bond donors (Lipinski definition) is 2. The Bertz CT molecular complexity index is 1000. The summed E-state index contributed by atoms with van der Waals surface area (Å²) in [7, 11) is -4.06. The van der Waals surface area contributed by atoms with Crippen molar-refractivity contribution >= 4 is 7.82 Å². The Morgan fingerprint density at radius 1 is 1.11 bits per heavy atom. The second-order valence-electron chi connectivity index (χ2n) is 9.37. The molecule has 11 nitrogen and oxygen atoms in total. The zero-order valence-electron chi connectivity index (χ0n) is 22.1. The average Bonchev–Trinajstić information content (AvgIpc) is 3.27. The van der Waals surface area contributed by atoms with E-state index in [-0.39, 0.29) is 26.1 Å². The molecule has 1 aliphatic heterocycles. The van der Waals surface area contributed by atoms with Crippen molar-refractivity contribution in [2.75, 3.05) is 19.8 Å². The number of aryl methyl sites for hydroxylation is 1. The predicted octanol–water partition coefficient (Wildman–Crippen LogP) is 4.49. The summed E-state index contributed by atoms with van der Waals surface area (Å²) in [5, 5.41) is 18.6. The molecule has 1 aliphatic rings. The third-order valence-electron chi connectivity index (χ3n) is 6.29. The Labute approximate surface area is 218 Å². The van der Waals surface area contributed by atoms with E-state index in [0.29, 0.717) is 12.0 Å². The van der Waals surface area contributed by atoms with Gasteiger partial charge < -0.3 is 9.84 Å². The second-order valence-corrected chi connectivity index (χ2v) is 11.0. The highest BCUT2D eigenvalue weighted by atomic mass is 31.2. The number of ether oxygens (including phenoxy) is 1. The van der Waals surface area contributed by atoms with Crippen molar-refractivity contribution in [3.05, 3.63) is 32.6 Å². The molecule has 0 spiro atoms. The van der Waals surface area contributed by atoms with Crippen molar-refractivity contribution in [1.82, 2.24) is 9.55 Å². The van der Waals surface area contributed by atoms with Crippen LogP contribution in [0.4, 0.5) is 0 Å². The normalized spacial score (nSPS) is 21.1. The molecule has 1 unspecified atom stereocenters. The molecule has 4 atom stereocenters. The highest BCUT2D eigenvalue weighted by molar-refractivity contribution is 7.48. The van der Waals surface area contributed by atoms with Gasteiger partial charge in [-0.15, -0.1) is 0 Å². The van der Waals surface area contributed by atoms with E-state index in [1.807, 2.05) is 6.07 Å². The van der Waals surface area contributed by atoms with Crippen molar-refractivity contribution in [3.8, 4) is 6.07 Å². The molecule has 1 fully saturated rings. The number of phosphoric ester groups is 1. The molecule has 12 heteroatoms. The molecule has 1 saturated heterocycles. The fourth-order valence-electron chi connectivity index (χ4n) is 4.18. The van der Waals surface area contributed by atoms with Gasteiger partial charge in [0.05, 0.1) is 32.3 Å². The maximum absolute atomic E-state index is 13.3. The molecule has 0 aromatic carbocycles. The lowest BCUT2D eigenvalue weighted by atomic mass is 10.1. The summed E-state index contributed by atoms with van der Waals surface area (Å²) >= 11 is 0. The van der Waals surface area contributed by atoms with Crippen LogP contribution < -0.4 is 11.2 Å². The molecule has 0 aliphatic carbocycles. The zero-order valence-corrected chi connectivity index (χ0v) is 23.0. The molecule has 210 valence electrons. The Kier molecular flexibility index (Phi) is 14.4. The molecule has 0 bridgehead atoms. The van der Waals surface area contributed by atoms with Gasteiger partial charge in [0.15, 0.2) is 0 Å². The van der Waals surface area contributed by atoms with E-state index in [4.69, 9.17) is 23.6 Å². The van der Waals surface area contributed by atoms with Crippen LogP contribution in [0.1, 0.15) is 95.8 Å². The molecule has 2 rings (SSSR count). The van der Waals surface area contributed by atoms with Gasteiger partial charge in [-0.2, -0.15) is 5.26 Å². The minimum Gasteiger partial charge on any atom is -0.394 e. The van der Waals surface area contributed by atoms with Crippen LogP contribution in [0.25, 0.3) is 0 Å². The van der Waals surface area contributed by atoms with E-state index >= 15 is 0 Å². The Morgan fingerprint density at radius 2 is 1.73 bits per heavy atom. The number of nitrogens with one attached hydrogen (secondary N) is 1. The third kappa shape index (κ3) is 10.8. The number of aliphatic hydroxyl groups is 1. The number of H-pyrrole nitrogens is 1. The van der Waals surface area contributed by atoms with Gasteiger partial charge in [0.2, 0.25) is 0 Å². The van der Waals surface area contributed by atoms with Crippen LogP contribution in [0, 0.1) is 18.3 Å². The van der Waals surface area contributed by atoms with E-state index in [1.165, 1.54) is 49.3 Å². The molecule has 0 saturated carbocycles. The van der Waals surface area contributed by atoms with Crippen LogP contribution in [0.3, 0.4) is 0 Å². The first-order valence-electron chi connectivity index (χ1n) is 13.4. The maximum atomic E-state index is 13.3. The van der Waals surface area contributed by atoms with E-state index in [1.54, 1.807) is 6.92 Å². The maximum Gasteiger partial charge on any atom is 0.475 e. The fraction of sp³-hybridized carbons (Fsp3) is 0.800. The lowest BCUT2D eigenvalue weighted by Gasteiger charge is -2.23. The summed E-state index contributed by atoms with van der Waals surface area (Å²) in [6.07, 6.45) is 10.3. The SMILES string of the molecule is CCCCCCCCCCCCOP(=O)(OCCC#N)O[C@H]1C[C@H](n2cc(C)c(=O)[nH]c2=O)O[C@@H]1CO. The van der Waals surface area contributed by atoms with E-state index < -0.39 is 44.1 Å². The summed E-state index contributed by atoms with van der Waals surface area (Å²) in [6.45, 7) is 3.35. The molecular formula is C25H42N3O8P. The van der Waals surface area contributed by atoms with Crippen LogP contribution >= 0.6 is 7.82 Å². The monoisotopic (exact) mass is 543 g/mol. The fourth-order valence-corrected chi connectivity index (χ4v) is 5.60. The molecule has 2 heterocycles. The molecule has 2 N–H and O–H groups in total. The number of hydrogen-bond acceptors (Lipinski definition) is 9. The van der Waals surface area contributed by atoms with Gasteiger partial charge in [-0.05, 0) is 13.3 Å². The first-order chi connectivity index (χ1) is 17.8. The Hall–Kier alpha value is -1.80. The number of unbranched alkanes of at least 4 members (excludes halogenated alkanes) is 9.